The molecule has 19 atom stereocenters. The molecule has 358 valence electrons. The zero-order valence-corrected chi connectivity index (χ0v) is 39.0. The van der Waals surface area contributed by atoms with E-state index in [4.69, 9.17) is 47.4 Å². The molecule has 0 aromatic rings. The van der Waals surface area contributed by atoms with Gasteiger partial charge in [-0.3, -0.25) is 4.79 Å². The quantitative estimate of drug-likeness (QED) is 0.204. The fourth-order valence-corrected chi connectivity index (χ4v) is 11.7. The Hall–Kier alpha value is -2.31. The van der Waals surface area contributed by atoms with Crippen LogP contribution in [0.3, 0.4) is 0 Å². The molecule has 6 aliphatic heterocycles. The van der Waals surface area contributed by atoms with Crippen molar-refractivity contribution >= 4 is 5.97 Å². The molecule has 8 rings (SSSR count). The Balaban J connectivity index is 1.08. The van der Waals surface area contributed by atoms with Crippen LogP contribution < -0.4 is 0 Å². The summed E-state index contributed by atoms with van der Waals surface area (Å²) in [6.07, 6.45) is 13.8. The number of carbonyl (C=O) groups excluding carboxylic acids is 1. The Labute approximate surface area is 379 Å². The van der Waals surface area contributed by atoms with E-state index in [0.717, 1.165) is 18.4 Å². The Morgan fingerprint density at radius 1 is 0.812 bits per heavy atom. The van der Waals surface area contributed by atoms with E-state index in [2.05, 4.69) is 32.9 Å². The first-order valence-electron chi connectivity index (χ1n) is 24.0. The third-order valence-electron chi connectivity index (χ3n) is 15.4. The van der Waals surface area contributed by atoms with Crippen molar-refractivity contribution in [3.05, 3.63) is 59.3 Å². The van der Waals surface area contributed by atoms with Crippen molar-refractivity contribution in [2.75, 3.05) is 20.8 Å². The summed E-state index contributed by atoms with van der Waals surface area (Å²) in [5.41, 5.74) is 0.166. The van der Waals surface area contributed by atoms with E-state index in [1.165, 1.54) is 19.3 Å². The van der Waals surface area contributed by atoms with Crippen molar-refractivity contribution in [3.8, 4) is 0 Å². The van der Waals surface area contributed by atoms with Gasteiger partial charge in [0.1, 0.15) is 42.0 Å². The molecule has 8 aliphatic rings. The number of ether oxygens (including phenoxy) is 10. The summed E-state index contributed by atoms with van der Waals surface area (Å²) in [4.78, 5) is 14.4. The molecule has 0 aromatic heterocycles. The molecule has 1 spiro atoms. The van der Waals surface area contributed by atoms with Crippen LogP contribution in [0.1, 0.15) is 106 Å². The summed E-state index contributed by atoms with van der Waals surface area (Å²) in [5, 5.41) is 34.3. The molecule has 14 heteroatoms. The summed E-state index contributed by atoms with van der Waals surface area (Å²) >= 11 is 0. The van der Waals surface area contributed by atoms with Gasteiger partial charge in [0.15, 0.2) is 18.4 Å². The number of fused-ring (bicyclic) bond motifs is 2. The molecule has 6 heterocycles. The zero-order valence-electron chi connectivity index (χ0n) is 39.0. The fourth-order valence-electron chi connectivity index (χ4n) is 11.7. The van der Waals surface area contributed by atoms with Crippen molar-refractivity contribution < 1.29 is 67.5 Å². The molecule has 1 saturated carbocycles. The number of carbonyl (C=O) groups is 1. The van der Waals surface area contributed by atoms with Crippen LogP contribution in [0, 0.1) is 23.7 Å². The number of hydrogen-bond donors (Lipinski definition) is 3. The zero-order chi connectivity index (χ0) is 45.5. The normalized spacial score (nSPS) is 47.1. The van der Waals surface area contributed by atoms with Crippen LogP contribution in [0.2, 0.25) is 0 Å². The van der Waals surface area contributed by atoms with E-state index in [1.54, 1.807) is 40.2 Å². The molecule has 4 saturated heterocycles. The lowest BCUT2D eigenvalue weighted by molar-refractivity contribution is -0.318. The van der Waals surface area contributed by atoms with Crippen LogP contribution in [0.4, 0.5) is 0 Å². The molecule has 0 aromatic carbocycles. The first-order valence-corrected chi connectivity index (χ1v) is 24.0. The van der Waals surface area contributed by atoms with Gasteiger partial charge in [-0.25, -0.2) is 0 Å². The maximum atomic E-state index is 14.4. The van der Waals surface area contributed by atoms with Gasteiger partial charge in [-0.15, -0.1) is 0 Å². The predicted octanol–water partition coefficient (Wildman–Crippen LogP) is 5.91. The van der Waals surface area contributed by atoms with Gasteiger partial charge in [0.05, 0.1) is 49.3 Å². The smallest absolute Gasteiger partial charge is 0.316 e. The van der Waals surface area contributed by atoms with Crippen molar-refractivity contribution in [2.24, 2.45) is 23.7 Å². The van der Waals surface area contributed by atoms with Gasteiger partial charge in [0.25, 0.3) is 0 Å². The SMILES string of the molecule is CO[C@H]1C[C@H](O[C@H]2[C@H](C)O[C@@H](O[C@@H]3C(C)=CC[C@@H]4C[C@@H](C[C@]5(C=C[C@H](C)[C@@H](C6CCCCC6)O5)O4)OC(=O)[C@H]4C=C(C)[C@@H](O)[C@H]5OCC(=CC=C[C@@H]3C)[C@@]45O)C[C@@H]2OC)O[C@@H](C)[C@@H]1O. The average Bonchev–Trinajstić information content (AvgIpc) is 3.62. The van der Waals surface area contributed by atoms with Crippen molar-refractivity contribution in [1.82, 2.24) is 0 Å². The third-order valence-corrected chi connectivity index (χ3v) is 15.4. The summed E-state index contributed by atoms with van der Waals surface area (Å²) in [5.74, 6) is -2.32. The first-order chi connectivity index (χ1) is 30.6. The van der Waals surface area contributed by atoms with Gasteiger partial charge < -0.3 is 62.7 Å². The molecule has 2 bridgehead atoms. The number of allylic oxidation sites excluding steroid dienone is 2. The second-order valence-corrected chi connectivity index (χ2v) is 20.0. The van der Waals surface area contributed by atoms with Gasteiger partial charge in [-0.05, 0) is 75.7 Å². The Bertz CT molecular complexity index is 1790. The number of esters is 1. The van der Waals surface area contributed by atoms with E-state index in [9.17, 15) is 20.1 Å². The van der Waals surface area contributed by atoms with E-state index in [-0.39, 0.29) is 36.8 Å². The topological polar surface area (TPSA) is 170 Å². The molecular formula is C50H74O14. The lowest BCUT2D eigenvalue weighted by atomic mass is 9.71. The van der Waals surface area contributed by atoms with Crippen LogP contribution in [-0.2, 0) is 52.2 Å². The Morgan fingerprint density at radius 2 is 1.53 bits per heavy atom. The second kappa shape index (κ2) is 20.1. The van der Waals surface area contributed by atoms with Gasteiger partial charge in [0, 0.05) is 51.7 Å². The van der Waals surface area contributed by atoms with Crippen molar-refractivity contribution in [2.45, 2.75) is 203 Å². The maximum Gasteiger partial charge on any atom is 0.316 e. The number of methoxy groups -OCH3 is 2. The Morgan fingerprint density at radius 3 is 2.28 bits per heavy atom. The maximum absolute atomic E-state index is 14.4. The van der Waals surface area contributed by atoms with Gasteiger partial charge in [0.2, 0.25) is 0 Å². The third kappa shape index (κ3) is 9.82. The van der Waals surface area contributed by atoms with E-state index >= 15 is 0 Å². The molecule has 14 nitrogen and oxygen atoms in total. The first kappa shape index (κ1) is 48.2. The van der Waals surface area contributed by atoms with Crippen LogP contribution in [0.25, 0.3) is 0 Å². The highest BCUT2D eigenvalue weighted by atomic mass is 16.7. The minimum atomic E-state index is -1.83. The average molecular weight is 899 g/mol. The molecular weight excluding hydrogens is 825 g/mol. The largest absolute Gasteiger partial charge is 0.462 e. The summed E-state index contributed by atoms with van der Waals surface area (Å²) in [6, 6.07) is 0. The highest BCUT2D eigenvalue weighted by Crippen LogP contribution is 2.48. The monoisotopic (exact) mass is 899 g/mol. The molecule has 5 fully saturated rings. The summed E-state index contributed by atoms with van der Waals surface area (Å²) in [7, 11) is 3.23. The lowest BCUT2D eigenvalue weighted by Gasteiger charge is -2.49. The minimum absolute atomic E-state index is 0.0242. The number of aliphatic hydroxyl groups is 3. The van der Waals surface area contributed by atoms with Crippen molar-refractivity contribution in [3.63, 3.8) is 0 Å². The molecule has 0 radical (unpaired) electrons. The second-order valence-electron chi connectivity index (χ2n) is 20.0. The number of aliphatic hydroxyl groups excluding tert-OH is 2. The predicted molar refractivity (Wildman–Crippen MR) is 234 cm³/mol. The number of rotatable bonds is 7. The van der Waals surface area contributed by atoms with E-state index in [0.29, 0.717) is 49.2 Å². The van der Waals surface area contributed by atoms with E-state index < -0.39 is 90.8 Å². The highest BCUT2D eigenvalue weighted by molar-refractivity contribution is 5.78. The van der Waals surface area contributed by atoms with Crippen LogP contribution in [0.5, 0.6) is 0 Å². The molecule has 3 N–H and O–H groups in total. The van der Waals surface area contributed by atoms with E-state index in [1.807, 2.05) is 25.2 Å². The molecule has 64 heavy (non-hydrogen) atoms. The van der Waals surface area contributed by atoms with Gasteiger partial charge in [-0.1, -0.05) is 69.6 Å². The summed E-state index contributed by atoms with van der Waals surface area (Å²) in [6.45, 7) is 11.9. The lowest BCUT2D eigenvalue weighted by Crippen LogP contribution is -2.58. The standard InChI is InChI=1S/C50H74O14/c1-27-13-12-16-34-26-57-47-42(51)30(4)21-37(50(34,47)54)48(53)60-36-22-35(63-49(25-36)20-19-29(3)45(64-49)33-14-10-9-11-15-33)18-17-28(2)44(27)61-41-24-39(56-8)46(32(6)59-41)62-40-23-38(55-7)43(52)31(5)58-40/h12-13,16-17,19-21,27,29,31-33,35-47,51-52,54H,9-11,14-15,18,22-26H2,1-8H3/t27-,29-,31-,32-,35+,36-,37+,38-,39-,40-,41-,42+,43-,44-,45-,46-,47+,49+,50+/m0/s1. The Kier molecular flexibility index (Phi) is 15.1. The van der Waals surface area contributed by atoms with Crippen LogP contribution in [-0.4, -0.2) is 139 Å². The molecule has 2 aliphatic carbocycles. The van der Waals surface area contributed by atoms with Gasteiger partial charge in [-0.2, -0.15) is 0 Å². The van der Waals surface area contributed by atoms with Crippen molar-refractivity contribution in [1.29, 1.82) is 0 Å². The summed E-state index contributed by atoms with van der Waals surface area (Å²) < 4.78 is 64.1. The van der Waals surface area contributed by atoms with Gasteiger partial charge >= 0.3 is 5.97 Å². The van der Waals surface area contributed by atoms with Crippen LogP contribution >= 0.6 is 0 Å². The fraction of sp³-hybridized carbons (Fsp3) is 0.780. The highest BCUT2D eigenvalue weighted by Gasteiger charge is 2.60. The molecule has 0 unspecified atom stereocenters. The van der Waals surface area contributed by atoms with Crippen LogP contribution in [0.15, 0.2) is 59.3 Å². The minimum Gasteiger partial charge on any atom is -0.462 e. The molecule has 0 amide bonds. The number of hydrogen-bond acceptors (Lipinski definition) is 14.